The van der Waals surface area contributed by atoms with Crippen molar-refractivity contribution in [2.24, 2.45) is 0 Å². The van der Waals surface area contributed by atoms with Crippen molar-refractivity contribution < 1.29 is 63.4 Å². The van der Waals surface area contributed by atoms with Gasteiger partial charge in [-0.1, -0.05) is 0 Å². The Hall–Kier alpha value is -0.664. The van der Waals surface area contributed by atoms with Crippen LogP contribution in [0, 0.1) is 51.0 Å². The number of nitrogens with one attached hydrogen (secondary N) is 1. The summed E-state index contributed by atoms with van der Waals surface area (Å²) < 4.78 is 10.6. The minimum absolute atomic E-state index is 0. The van der Waals surface area contributed by atoms with Gasteiger partial charge in [0.25, 0.3) is 0 Å². The molecule has 0 unspecified atom stereocenters. The van der Waals surface area contributed by atoms with Crippen molar-refractivity contribution in [3.63, 3.8) is 0 Å². The standard InChI is InChI=1S/C13H15NO4.Ac.B/c1-7-11(16)9(4-5-14-3)10(8(2)15)13-12(7)17-6-18-13;;/h4-5,14,16H,6H2,1-3H3;;/b5-4+;;. The first-order valence-electron chi connectivity index (χ1n) is 5.57. The van der Waals surface area contributed by atoms with Crippen molar-refractivity contribution >= 4 is 20.3 Å². The molecule has 1 heterocycles. The zero-order valence-corrected chi connectivity index (χ0v) is 16.4. The summed E-state index contributed by atoms with van der Waals surface area (Å²) in [6, 6.07) is 0. The van der Waals surface area contributed by atoms with Crippen molar-refractivity contribution in [2.45, 2.75) is 13.8 Å². The SMILES string of the molecule is CN/C=C/c1c(O)c(C)c2c(c1C(C)=O)OCO2.[Ac].[B]. The molecule has 0 bridgehead atoms. The molecule has 2 rings (SSSR count). The quantitative estimate of drug-likeness (QED) is 0.500. The van der Waals surface area contributed by atoms with E-state index in [4.69, 9.17) is 9.47 Å². The molecule has 102 valence electrons. The zero-order valence-electron chi connectivity index (χ0n) is 11.7. The van der Waals surface area contributed by atoms with Crippen LogP contribution >= 0.6 is 0 Å². The van der Waals surface area contributed by atoms with E-state index in [-0.39, 0.29) is 70.8 Å². The van der Waals surface area contributed by atoms with Crippen molar-refractivity contribution in [1.29, 1.82) is 0 Å². The van der Waals surface area contributed by atoms with Gasteiger partial charge < -0.3 is 19.9 Å². The molecule has 4 radical (unpaired) electrons. The molecule has 1 aliphatic heterocycles. The average molecular weight is 487 g/mol. The molecular formula is C13H15AcBNO4. The molecule has 0 saturated carbocycles. The van der Waals surface area contributed by atoms with E-state index in [0.717, 1.165) is 0 Å². The van der Waals surface area contributed by atoms with Gasteiger partial charge in [0.05, 0.1) is 5.56 Å². The van der Waals surface area contributed by atoms with Gasteiger partial charge in [-0.15, -0.1) is 0 Å². The third kappa shape index (κ3) is 3.32. The molecule has 2 N–H and O–H groups in total. The van der Waals surface area contributed by atoms with Gasteiger partial charge in [-0.3, -0.25) is 4.79 Å². The van der Waals surface area contributed by atoms with Crippen molar-refractivity contribution in [3.8, 4) is 17.2 Å². The van der Waals surface area contributed by atoms with E-state index in [1.165, 1.54) is 6.92 Å². The van der Waals surface area contributed by atoms with E-state index in [9.17, 15) is 9.90 Å². The Morgan fingerprint density at radius 2 is 1.95 bits per heavy atom. The Morgan fingerprint density at radius 1 is 1.35 bits per heavy atom. The predicted molar refractivity (Wildman–Crippen MR) is 72.8 cm³/mol. The van der Waals surface area contributed by atoms with Crippen LogP contribution in [0.15, 0.2) is 6.20 Å². The number of carbonyl (C=O) groups excluding carboxylic acids is 1. The van der Waals surface area contributed by atoms with Crippen LogP contribution in [0.4, 0.5) is 0 Å². The Bertz CT molecular complexity index is 546. The van der Waals surface area contributed by atoms with Crippen LogP contribution in [0.3, 0.4) is 0 Å². The molecule has 5 nitrogen and oxygen atoms in total. The molecule has 20 heavy (non-hydrogen) atoms. The smallest absolute Gasteiger partial charge is 0.231 e. The molecule has 0 aromatic heterocycles. The fourth-order valence-corrected chi connectivity index (χ4v) is 1.97. The van der Waals surface area contributed by atoms with E-state index >= 15 is 0 Å². The second-order valence-electron chi connectivity index (χ2n) is 4.01. The first kappa shape index (κ1) is 19.3. The number of ether oxygens (including phenoxy) is 2. The van der Waals surface area contributed by atoms with E-state index in [2.05, 4.69) is 5.32 Å². The number of phenols is 1. The molecule has 0 spiro atoms. The number of benzene rings is 1. The number of hydrogen-bond acceptors (Lipinski definition) is 5. The number of rotatable bonds is 3. The Morgan fingerprint density at radius 3 is 2.50 bits per heavy atom. The number of fused-ring (bicyclic) bond motifs is 1. The number of carbonyl (C=O) groups is 1. The fraction of sp³-hybridized carbons (Fsp3) is 0.308. The maximum Gasteiger partial charge on any atom is 0.231 e. The van der Waals surface area contributed by atoms with Crippen molar-refractivity contribution in [3.05, 3.63) is 22.9 Å². The molecule has 1 aliphatic rings. The Kier molecular flexibility index (Phi) is 7.68. The summed E-state index contributed by atoms with van der Waals surface area (Å²) in [7, 11) is 1.74. The Labute approximate surface area is 155 Å². The minimum Gasteiger partial charge on any atom is -0.507 e. The number of hydrogen-bond donors (Lipinski definition) is 2. The monoisotopic (exact) mass is 487 g/mol. The van der Waals surface area contributed by atoms with Crippen molar-refractivity contribution in [2.75, 3.05) is 13.8 Å². The third-order valence-electron chi connectivity index (χ3n) is 2.83. The number of ketones is 1. The van der Waals surface area contributed by atoms with Crippen LogP contribution in [0.1, 0.15) is 28.4 Å². The topological polar surface area (TPSA) is 67.8 Å². The molecule has 0 amide bonds. The molecular weight excluding hydrogens is 472 g/mol. The fourth-order valence-electron chi connectivity index (χ4n) is 1.97. The second kappa shape index (κ2) is 7.95. The van der Waals surface area contributed by atoms with Crippen LogP contribution in [-0.4, -0.2) is 33.1 Å². The van der Waals surface area contributed by atoms with Crippen molar-refractivity contribution in [1.82, 2.24) is 5.32 Å². The minimum atomic E-state index is -0.178. The van der Waals surface area contributed by atoms with Gasteiger partial charge in [0, 0.05) is 70.7 Å². The van der Waals surface area contributed by atoms with E-state index < -0.39 is 0 Å². The van der Waals surface area contributed by atoms with Gasteiger partial charge in [-0.25, -0.2) is 0 Å². The predicted octanol–water partition coefficient (Wildman–Crippen LogP) is 1.44. The van der Waals surface area contributed by atoms with Gasteiger partial charge in [0.2, 0.25) is 6.79 Å². The van der Waals surface area contributed by atoms with Gasteiger partial charge in [-0.05, 0) is 26.1 Å². The zero-order chi connectivity index (χ0) is 13.3. The molecule has 1 aromatic rings. The van der Waals surface area contributed by atoms with Gasteiger partial charge >= 0.3 is 0 Å². The summed E-state index contributed by atoms with van der Waals surface area (Å²) in [6.07, 6.45) is 3.28. The molecule has 7 heteroatoms. The van der Waals surface area contributed by atoms with Gasteiger partial charge in [0.15, 0.2) is 17.3 Å². The molecule has 1 aromatic carbocycles. The van der Waals surface area contributed by atoms with E-state index in [1.54, 1.807) is 26.2 Å². The van der Waals surface area contributed by atoms with Crippen LogP contribution in [0.2, 0.25) is 0 Å². The summed E-state index contributed by atoms with van der Waals surface area (Å²) in [6.45, 7) is 3.22. The number of phenolic OH excluding ortho intramolecular Hbond substituents is 1. The average Bonchev–Trinajstić information content (AvgIpc) is 2.80. The van der Waals surface area contributed by atoms with Gasteiger partial charge in [0.1, 0.15) is 5.75 Å². The molecule has 0 saturated heterocycles. The maximum absolute atomic E-state index is 11.8. The Balaban J connectivity index is 0.00000180. The van der Waals surface area contributed by atoms with Crippen LogP contribution in [0.5, 0.6) is 17.2 Å². The van der Waals surface area contributed by atoms with Gasteiger partial charge in [-0.2, -0.15) is 0 Å². The van der Waals surface area contributed by atoms with Crippen LogP contribution in [-0.2, 0) is 0 Å². The molecule has 0 fully saturated rings. The number of Topliss-reactive ketones (excluding diaryl/α,β-unsaturated/α-hetero) is 1. The third-order valence-corrected chi connectivity index (χ3v) is 2.83. The first-order valence-corrected chi connectivity index (χ1v) is 5.57. The molecule has 0 atom stereocenters. The van der Waals surface area contributed by atoms with E-state index in [1.807, 2.05) is 0 Å². The summed E-state index contributed by atoms with van der Waals surface area (Å²) in [4.78, 5) is 11.8. The van der Waals surface area contributed by atoms with Crippen LogP contribution in [0.25, 0.3) is 6.08 Å². The molecule has 0 aliphatic carbocycles. The second-order valence-corrected chi connectivity index (χ2v) is 4.01. The van der Waals surface area contributed by atoms with E-state index in [0.29, 0.717) is 28.2 Å². The van der Waals surface area contributed by atoms with Crippen LogP contribution < -0.4 is 14.8 Å². The summed E-state index contributed by atoms with van der Waals surface area (Å²) in [5.41, 5.74) is 1.36. The summed E-state index contributed by atoms with van der Waals surface area (Å²) in [5, 5.41) is 13.0. The maximum atomic E-state index is 11.8. The largest absolute Gasteiger partial charge is 0.507 e. The number of aromatic hydroxyl groups is 1. The first-order chi connectivity index (χ1) is 8.57. The summed E-state index contributed by atoms with van der Waals surface area (Å²) >= 11 is 0. The normalized spacial score (nSPS) is 11.8. The summed E-state index contributed by atoms with van der Waals surface area (Å²) in [5.74, 6) is 0.714.